The van der Waals surface area contributed by atoms with E-state index in [1.807, 2.05) is 26.0 Å². The van der Waals surface area contributed by atoms with Gasteiger partial charge in [0.2, 0.25) is 0 Å². The van der Waals surface area contributed by atoms with E-state index in [1.165, 1.54) is 12.3 Å². The van der Waals surface area contributed by atoms with Gasteiger partial charge in [-0.25, -0.2) is 4.39 Å². The summed E-state index contributed by atoms with van der Waals surface area (Å²) in [6.07, 6.45) is 3.37. The lowest BCUT2D eigenvalue weighted by Crippen LogP contribution is -2.25. The van der Waals surface area contributed by atoms with Crippen molar-refractivity contribution < 1.29 is 17.6 Å². The number of nitrogens with one attached hydrogen (secondary N) is 1. The van der Waals surface area contributed by atoms with Crippen LogP contribution in [-0.4, -0.2) is 29.6 Å². The molecule has 8 heteroatoms. The smallest absolute Gasteiger partial charge is 0.283 e. The summed E-state index contributed by atoms with van der Waals surface area (Å²) in [5, 5.41) is 7.63. The first-order chi connectivity index (χ1) is 16.6. The Bertz CT molecular complexity index is 1550. The Kier molecular flexibility index (Phi) is 5.71. The van der Waals surface area contributed by atoms with Crippen LogP contribution in [0.5, 0.6) is 0 Å². The lowest BCUT2D eigenvalue weighted by Gasteiger charge is -2.12. The molecule has 0 spiro atoms. The summed E-state index contributed by atoms with van der Waals surface area (Å²) in [4.78, 5) is 12.7. The molecule has 3 aromatic carbocycles. The minimum absolute atomic E-state index is 0.156. The number of carbonyl (C=O) groups is 1. The molecule has 5 rings (SSSR count). The van der Waals surface area contributed by atoms with Crippen molar-refractivity contribution in [2.24, 2.45) is 0 Å². The summed E-state index contributed by atoms with van der Waals surface area (Å²) in [5.41, 5.74) is 3.40. The topological polar surface area (TPSA) is 81.1 Å². The van der Waals surface area contributed by atoms with Crippen molar-refractivity contribution in [3.8, 4) is 11.1 Å². The van der Waals surface area contributed by atoms with Crippen molar-refractivity contribution in [3.05, 3.63) is 83.3 Å². The van der Waals surface area contributed by atoms with Crippen molar-refractivity contribution in [2.45, 2.75) is 50.5 Å². The van der Waals surface area contributed by atoms with Gasteiger partial charge in [0, 0.05) is 17.0 Å². The van der Waals surface area contributed by atoms with E-state index in [4.69, 9.17) is 0 Å². The SMILES string of the molecule is Cc1c(F)cc(C(=O)NC2CC2)cc1-c1ccc2c(cnn2S(=O)(=O)c2ccc(C(C)C)cc2)c1. The van der Waals surface area contributed by atoms with Crippen LogP contribution in [0.2, 0.25) is 0 Å². The van der Waals surface area contributed by atoms with Crippen LogP contribution in [0.25, 0.3) is 22.0 Å². The molecule has 1 amide bonds. The van der Waals surface area contributed by atoms with Crippen molar-refractivity contribution in [1.82, 2.24) is 14.5 Å². The Morgan fingerprint density at radius 1 is 1.09 bits per heavy atom. The summed E-state index contributed by atoms with van der Waals surface area (Å²) in [7, 11) is -3.89. The third-order valence-corrected chi connectivity index (χ3v) is 8.05. The van der Waals surface area contributed by atoms with Gasteiger partial charge >= 0.3 is 0 Å². The number of benzene rings is 3. The molecule has 6 nitrogen and oxygen atoms in total. The Balaban J connectivity index is 1.52. The Hall–Kier alpha value is -3.52. The first-order valence-corrected chi connectivity index (χ1v) is 13.0. The first kappa shape index (κ1) is 23.2. The molecule has 0 bridgehead atoms. The molecule has 1 fully saturated rings. The molecule has 1 aromatic heterocycles. The number of rotatable bonds is 6. The summed E-state index contributed by atoms with van der Waals surface area (Å²) in [6, 6.07) is 15.1. The van der Waals surface area contributed by atoms with Crippen LogP contribution in [0.4, 0.5) is 4.39 Å². The number of amides is 1. The van der Waals surface area contributed by atoms with Gasteiger partial charge in [0.15, 0.2) is 0 Å². The van der Waals surface area contributed by atoms with Gasteiger partial charge in [-0.3, -0.25) is 4.79 Å². The maximum Gasteiger partial charge on any atom is 0.283 e. The van der Waals surface area contributed by atoms with E-state index >= 15 is 0 Å². The average Bonchev–Trinajstić information content (AvgIpc) is 3.54. The van der Waals surface area contributed by atoms with Crippen molar-refractivity contribution >= 4 is 26.8 Å². The van der Waals surface area contributed by atoms with E-state index in [-0.39, 0.29) is 22.4 Å². The zero-order valence-electron chi connectivity index (χ0n) is 19.7. The van der Waals surface area contributed by atoms with E-state index in [2.05, 4.69) is 10.4 Å². The second-order valence-electron chi connectivity index (χ2n) is 9.37. The fourth-order valence-corrected chi connectivity index (χ4v) is 5.37. The van der Waals surface area contributed by atoms with Crippen LogP contribution in [0.15, 0.2) is 65.7 Å². The number of halogens is 1. The minimum Gasteiger partial charge on any atom is -0.349 e. The van der Waals surface area contributed by atoms with Gasteiger partial charge in [-0.05, 0) is 84.3 Å². The number of fused-ring (bicyclic) bond motifs is 1. The number of carbonyl (C=O) groups excluding carboxylic acids is 1. The van der Waals surface area contributed by atoms with Gasteiger partial charge < -0.3 is 5.32 Å². The lowest BCUT2D eigenvalue weighted by molar-refractivity contribution is 0.0950. The summed E-state index contributed by atoms with van der Waals surface area (Å²) >= 11 is 0. The van der Waals surface area contributed by atoms with Gasteiger partial charge in [0.1, 0.15) is 5.82 Å². The van der Waals surface area contributed by atoms with Crippen LogP contribution in [0.1, 0.15) is 54.1 Å². The number of nitrogens with zero attached hydrogens (tertiary/aromatic N) is 2. The molecule has 0 radical (unpaired) electrons. The molecule has 1 saturated carbocycles. The molecule has 0 atom stereocenters. The van der Waals surface area contributed by atoms with Gasteiger partial charge in [0.05, 0.1) is 16.6 Å². The highest BCUT2D eigenvalue weighted by molar-refractivity contribution is 7.90. The van der Waals surface area contributed by atoms with E-state index in [1.54, 1.807) is 43.3 Å². The molecule has 0 saturated heterocycles. The third kappa shape index (κ3) is 4.34. The molecule has 1 aliphatic carbocycles. The quantitative estimate of drug-likeness (QED) is 0.391. The molecule has 0 unspecified atom stereocenters. The van der Waals surface area contributed by atoms with Crippen LogP contribution < -0.4 is 5.32 Å². The van der Waals surface area contributed by atoms with Crippen LogP contribution in [-0.2, 0) is 10.0 Å². The second kappa shape index (κ2) is 8.61. The fourth-order valence-electron chi connectivity index (χ4n) is 4.10. The van der Waals surface area contributed by atoms with Crippen LogP contribution in [0, 0.1) is 12.7 Å². The maximum atomic E-state index is 14.7. The van der Waals surface area contributed by atoms with Gasteiger partial charge in [-0.15, -0.1) is 0 Å². The monoisotopic (exact) mass is 491 g/mol. The van der Waals surface area contributed by atoms with Crippen molar-refractivity contribution in [1.29, 1.82) is 0 Å². The molecular weight excluding hydrogens is 465 g/mol. The standard InChI is InChI=1S/C27H26FN3O3S/c1-16(2)18-4-9-23(10-5-18)35(33,34)31-26-11-6-19(12-21(26)15-29-31)24-13-20(14-25(28)17(24)3)27(32)30-22-7-8-22/h4-6,9-16,22H,7-8H2,1-3H3,(H,30,32). The van der Waals surface area contributed by atoms with Gasteiger partial charge in [-0.1, -0.05) is 32.0 Å². The van der Waals surface area contributed by atoms with Crippen molar-refractivity contribution in [2.75, 3.05) is 0 Å². The highest BCUT2D eigenvalue weighted by Crippen LogP contribution is 2.31. The Morgan fingerprint density at radius 3 is 2.46 bits per heavy atom. The molecule has 180 valence electrons. The highest BCUT2D eigenvalue weighted by Gasteiger charge is 2.25. The number of hydrogen-bond donors (Lipinski definition) is 1. The number of aromatic nitrogens is 2. The average molecular weight is 492 g/mol. The molecule has 35 heavy (non-hydrogen) atoms. The molecule has 1 aliphatic rings. The summed E-state index contributed by atoms with van der Waals surface area (Å²) in [6.45, 7) is 5.75. The molecular formula is C27H26FN3O3S. The van der Waals surface area contributed by atoms with Gasteiger partial charge in [0.25, 0.3) is 15.9 Å². The number of hydrogen-bond acceptors (Lipinski definition) is 4. The fraction of sp³-hybridized carbons (Fsp3) is 0.259. The van der Waals surface area contributed by atoms with Crippen molar-refractivity contribution in [3.63, 3.8) is 0 Å². The first-order valence-electron chi connectivity index (χ1n) is 11.6. The largest absolute Gasteiger partial charge is 0.349 e. The summed E-state index contributed by atoms with van der Waals surface area (Å²) in [5.74, 6) is -0.468. The van der Waals surface area contributed by atoms with Crippen LogP contribution in [0.3, 0.4) is 0 Å². The second-order valence-corrected chi connectivity index (χ2v) is 11.1. The maximum absolute atomic E-state index is 14.7. The molecule has 4 aromatic rings. The predicted octanol–water partition coefficient (Wildman–Crippen LogP) is 5.40. The summed E-state index contributed by atoms with van der Waals surface area (Å²) < 4.78 is 42.2. The Labute approximate surface area is 203 Å². The predicted molar refractivity (Wildman–Crippen MR) is 133 cm³/mol. The van der Waals surface area contributed by atoms with E-state index in [9.17, 15) is 17.6 Å². The third-order valence-electron chi connectivity index (χ3n) is 6.44. The van der Waals surface area contributed by atoms with E-state index in [0.29, 0.717) is 33.5 Å². The Morgan fingerprint density at radius 2 is 1.80 bits per heavy atom. The van der Waals surface area contributed by atoms with Gasteiger partial charge in [-0.2, -0.15) is 17.6 Å². The zero-order valence-corrected chi connectivity index (χ0v) is 20.6. The molecule has 1 N–H and O–H groups in total. The highest BCUT2D eigenvalue weighted by atomic mass is 32.2. The zero-order chi connectivity index (χ0) is 24.9. The van der Waals surface area contributed by atoms with E-state index in [0.717, 1.165) is 22.5 Å². The minimum atomic E-state index is -3.89. The van der Waals surface area contributed by atoms with E-state index < -0.39 is 15.8 Å². The lowest BCUT2D eigenvalue weighted by atomic mass is 9.96. The molecule has 1 heterocycles. The molecule has 0 aliphatic heterocycles. The normalized spacial score (nSPS) is 14.0. The van der Waals surface area contributed by atoms with Crippen LogP contribution >= 0.6 is 0 Å².